The molecule has 12 nitrogen and oxygen atoms in total. The van der Waals surface area contributed by atoms with Crippen molar-refractivity contribution in [2.75, 3.05) is 73.0 Å². The van der Waals surface area contributed by atoms with Crippen molar-refractivity contribution >= 4 is 52.0 Å². The Hall–Kier alpha value is -5.01. The number of anilines is 4. The van der Waals surface area contributed by atoms with Gasteiger partial charge in [-0.15, -0.1) is 0 Å². The standard InChI is InChI=1S/C38H39Cl2N7O5/c39-28-6-15-35(36(40)22-28)38(25-47-27-41-26-43-47)51-24-34(52-38)23-50-33-13-11-32(12-14-33)46-19-17-45(18-20-46)31-9-7-30(8-10-31)44-37(48)49-21-16-42-29-4-2-1-3-5-29/h1-15,22,26-27,34,42H,16-21,23-25H2,(H,44,48). The van der Waals surface area contributed by atoms with E-state index in [2.05, 4.69) is 42.6 Å². The lowest BCUT2D eigenvalue weighted by Gasteiger charge is -2.37. The molecular formula is C38H39Cl2N7O5. The zero-order chi connectivity index (χ0) is 35.8. The molecule has 0 bridgehead atoms. The van der Waals surface area contributed by atoms with E-state index in [1.165, 1.54) is 6.33 Å². The molecule has 4 aromatic carbocycles. The SMILES string of the molecule is O=C(Nc1ccc(N2CCN(c3ccc(OCC4COC(Cn5cncn5)(c5ccc(Cl)cc5Cl)O4)cc3)CC2)cc1)OCCNc1ccccc1. The number of benzene rings is 4. The molecule has 2 fully saturated rings. The van der Waals surface area contributed by atoms with E-state index in [0.29, 0.717) is 41.1 Å². The summed E-state index contributed by atoms with van der Waals surface area (Å²) < 4.78 is 25.8. The minimum atomic E-state index is -1.16. The van der Waals surface area contributed by atoms with Gasteiger partial charge in [-0.3, -0.25) is 5.32 Å². The molecule has 270 valence electrons. The van der Waals surface area contributed by atoms with E-state index in [0.717, 1.165) is 49.0 Å². The highest BCUT2D eigenvalue weighted by Crippen LogP contribution is 2.40. The van der Waals surface area contributed by atoms with Crippen LogP contribution in [-0.2, 0) is 26.5 Å². The van der Waals surface area contributed by atoms with Gasteiger partial charge in [0.2, 0.25) is 5.79 Å². The van der Waals surface area contributed by atoms with Crippen LogP contribution in [0.1, 0.15) is 5.56 Å². The highest BCUT2D eigenvalue weighted by molar-refractivity contribution is 6.35. The fourth-order valence-electron chi connectivity index (χ4n) is 6.25. The van der Waals surface area contributed by atoms with Gasteiger partial charge in [0, 0.05) is 66.1 Å². The molecule has 3 heterocycles. The Morgan fingerprint density at radius 1 is 0.885 bits per heavy atom. The molecule has 2 unspecified atom stereocenters. The van der Waals surface area contributed by atoms with Crippen LogP contribution < -0.4 is 25.2 Å². The lowest BCUT2D eigenvalue weighted by Crippen LogP contribution is -2.46. The van der Waals surface area contributed by atoms with E-state index >= 15 is 0 Å². The summed E-state index contributed by atoms with van der Waals surface area (Å²) in [5.74, 6) is -0.422. The van der Waals surface area contributed by atoms with Crippen LogP contribution in [0.25, 0.3) is 0 Å². The van der Waals surface area contributed by atoms with Gasteiger partial charge < -0.3 is 34.1 Å². The number of carbonyl (C=O) groups excluding carboxylic acids is 1. The Bertz CT molecular complexity index is 1890. The summed E-state index contributed by atoms with van der Waals surface area (Å²) in [6, 6.07) is 31.0. The van der Waals surface area contributed by atoms with Gasteiger partial charge in [0.1, 0.15) is 44.3 Å². The summed E-state index contributed by atoms with van der Waals surface area (Å²) >= 11 is 12.7. The van der Waals surface area contributed by atoms with Crippen molar-refractivity contribution < 1.29 is 23.7 Å². The summed E-state index contributed by atoms with van der Waals surface area (Å²) in [6.45, 7) is 5.15. The second-order valence-corrected chi connectivity index (χ2v) is 13.2. The van der Waals surface area contributed by atoms with Crippen LogP contribution in [0.4, 0.5) is 27.5 Å². The molecule has 0 radical (unpaired) electrons. The van der Waals surface area contributed by atoms with Crippen molar-refractivity contribution in [1.29, 1.82) is 0 Å². The summed E-state index contributed by atoms with van der Waals surface area (Å²) in [4.78, 5) is 21.0. The molecule has 14 heteroatoms. The number of nitrogens with zero attached hydrogens (tertiary/aromatic N) is 5. The van der Waals surface area contributed by atoms with Crippen molar-refractivity contribution in [3.63, 3.8) is 0 Å². The summed E-state index contributed by atoms with van der Waals surface area (Å²) in [7, 11) is 0. The van der Waals surface area contributed by atoms with Gasteiger partial charge in [0.15, 0.2) is 0 Å². The predicted molar refractivity (Wildman–Crippen MR) is 202 cm³/mol. The normalized spacial score (nSPS) is 18.6. The lowest BCUT2D eigenvalue weighted by molar-refractivity contribution is -0.190. The van der Waals surface area contributed by atoms with Gasteiger partial charge >= 0.3 is 6.09 Å². The first kappa shape index (κ1) is 35.4. The predicted octanol–water partition coefficient (Wildman–Crippen LogP) is 6.92. The molecule has 2 saturated heterocycles. The second kappa shape index (κ2) is 16.6. The van der Waals surface area contributed by atoms with Gasteiger partial charge in [-0.1, -0.05) is 47.5 Å². The van der Waals surface area contributed by atoms with Crippen LogP contribution in [0.5, 0.6) is 5.75 Å². The zero-order valence-corrected chi connectivity index (χ0v) is 29.9. The molecule has 1 aromatic heterocycles. The molecule has 2 N–H and O–H groups in total. The number of ether oxygens (including phenoxy) is 4. The molecule has 0 saturated carbocycles. The number of halogens is 2. The first-order valence-corrected chi connectivity index (χ1v) is 17.8. The molecule has 5 aromatic rings. The third-order valence-electron chi connectivity index (χ3n) is 8.87. The fourth-order valence-corrected chi connectivity index (χ4v) is 6.80. The van der Waals surface area contributed by atoms with Gasteiger partial charge in [0.25, 0.3) is 0 Å². The molecular weight excluding hydrogens is 705 g/mol. The maximum Gasteiger partial charge on any atom is 0.411 e. The van der Waals surface area contributed by atoms with Gasteiger partial charge in [-0.05, 0) is 72.8 Å². The Morgan fingerprint density at radius 2 is 1.60 bits per heavy atom. The topological polar surface area (TPSA) is 115 Å². The number of carbonyl (C=O) groups is 1. The average molecular weight is 745 g/mol. The largest absolute Gasteiger partial charge is 0.491 e. The van der Waals surface area contributed by atoms with Crippen LogP contribution in [-0.4, -0.2) is 79.5 Å². The molecule has 0 aliphatic carbocycles. The van der Waals surface area contributed by atoms with E-state index in [9.17, 15) is 4.79 Å². The number of nitrogens with one attached hydrogen (secondary N) is 2. The van der Waals surface area contributed by atoms with Crippen LogP contribution in [0.2, 0.25) is 10.0 Å². The van der Waals surface area contributed by atoms with Crippen molar-refractivity contribution in [1.82, 2.24) is 14.8 Å². The Labute approximate surface area is 312 Å². The van der Waals surface area contributed by atoms with E-state index in [1.54, 1.807) is 23.1 Å². The molecule has 2 aliphatic rings. The number of aromatic nitrogens is 3. The Kier molecular flexibility index (Phi) is 11.3. The smallest absolute Gasteiger partial charge is 0.411 e. The summed E-state index contributed by atoms with van der Waals surface area (Å²) in [5, 5.41) is 11.2. The van der Waals surface area contributed by atoms with Crippen LogP contribution in [0, 0.1) is 0 Å². The number of piperazine rings is 1. The molecule has 1 amide bonds. The summed E-state index contributed by atoms with van der Waals surface area (Å²) in [6.07, 6.45) is 2.25. The van der Waals surface area contributed by atoms with Crippen molar-refractivity contribution in [3.8, 4) is 5.75 Å². The number of amides is 1. The summed E-state index contributed by atoms with van der Waals surface area (Å²) in [5.41, 5.74) is 4.58. The van der Waals surface area contributed by atoms with Crippen molar-refractivity contribution in [2.45, 2.75) is 18.4 Å². The Balaban J connectivity index is 0.852. The number of para-hydroxylation sites is 1. The maximum absolute atomic E-state index is 12.2. The van der Waals surface area contributed by atoms with E-state index in [-0.39, 0.29) is 19.3 Å². The van der Waals surface area contributed by atoms with Gasteiger partial charge in [0.05, 0.1) is 11.6 Å². The van der Waals surface area contributed by atoms with E-state index in [4.69, 9.17) is 42.1 Å². The highest BCUT2D eigenvalue weighted by atomic mass is 35.5. The molecule has 2 aliphatic heterocycles. The minimum absolute atomic E-state index is 0.262. The van der Waals surface area contributed by atoms with Crippen LogP contribution in [0.3, 0.4) is 0 Å². The monoisotopic (exact) mass is 743 g/mol. The van der Waals surface area contributed by atoms with Crippen LogP contribution in [0.15, 0.2) is 110 Å². The highest BCUT2D eigenvalue weighted by Gasteiger charge is 2.45. The molecule has 0 spiro atoms. The van der Waals surface area contributed by atoms with Crippen LogP contribution >= 0.6 is 23.2 Å². The van der Waals surface area contributed by atoms with Gasteiger partial charge in [-0.25, -0.2) is 14.5 Å². The van der Waals surface area contributed by atoms with E-state index < -0.39 is 11.9 Å². The average Bonchev–Trinajstić information content (AvgIpc) is 3.84. The lowest BCUT2D eigenvalue weighted by atomic mass is 10.1. The first-order valence-electron chi connectivity index (χ1n) is 17.1. The number of rotatable bonds is 13. The zero-order valence-electron chi connectivity index (χ0n) is 28.4. The van der Waals surface area contributed by atoms with E-state index in [1.807, 2.05) is 72.8 Å². The molecule has 52 heavy (non-hydrogen) atoms. The molecule has 7 rings (SSSR count). The molecule has 2 atom stereocenters. The fraction of sp³-hybridized carbons (Fsp3) is 0.289. The van der Waals surface area contributed by atoms with Gasteiger partial charge in [-0.2, -0.15) is 5.10 Å². The first-order chi connectivity index (χ1) is 25.4. The number of hydrogen-bond acceptors (Lipinski definition) is 10. The maximum atomic E-state index is 12.2. The Morgan fingerprint density at radius 3 is 2.27 bits per heavy atom. The third kappa shape index (κ3) is 8.88. The number of hydrogen-bond donors (Lipinski definition) is 2. The minimum Gasteiger partial charge on any atom is -0.491 e. The quantitative estimate of drug-likeness (QED) is 0.123. The third-order valence-corrected chi connectivity index (χ3v) is 9.42. The van der Waals surface area contributed by atoms with Crippen molar-refractivity contribution in [2.24, 2.45) is 0 Å². The van der Waals surface area contributed by atoms with Crippen molar-refractivity contribution in [3.05, 3.63) is 125 Å². The second-order valence-electron chi connectivity index (χ2n) is 12.4.